The minimum Gasteiger partial charge on any atom is -0.459 e. The molecule has 0 aliphatic carbocycles. The normalized spacial score (nSPS) is 26.7. The molecule has 15 heavy (non-hydrogen) atoms. The first-order valence-electron chi connectivity index (χ1n) is 5.27. The van der Waals surface area contributed by atoms with Gasteiger partial charge in [0, 0.05) is 19.1 Å². The Morgan fingerprint density at radius 2 is 2.47 bits per heavy atom. The zero-order valence-corrected chi connectivity index (χ0v) is 8.85. The van der Waals surface area contributed by atoms with Gasteiger partial charge in [-0.25, -0.2) is 0 Å². The van der Waals surface area contributed by atoms with Crippen molar-refractivity contribution in [3.63, 3.8) is 0 Å². The van der Waals surface area contributed by atoms with E-state index in [-0.39, 0.29) is 11.9 Å². The second kappa shape index (κ2) is 4.06. The Labute approximate surface area is 89.0 Å². The van der Waals surface area contributed by atoms with Crippen molar-refractivity contribution in [2.24, 2.45) is 11.7 Å². The number of piperidine rings is 1. The maximum Gasteiger partial charge on any atom is 0.289 e. The molecule has 1 aliphatic heterocycles. The number of carbonyl (C=O) groups is 1. The number of amides is 1. The molecule has 4 nitrogen and oxygen atoms in total. The zero-order chi connectivity index (χ0) is 10.8. The van der Waals surface area contributed by atoms with E-state index in [0.29, 0.717) is 11.7 Å². The van der Waals surface area contributed by atoms with Crippen LogP contribution in [0.5, 0.6) is 0 Å². The summed E-state index contributed by atoms with van der Waals surface area (Å²) in [5, 5.41) is 0. The van der Waals surface area contributed by atoms with Gasteiger partial charge in [-0.2, -0.15) is 0 Å². The van der Waals surface area contributed by atoms with Gasteiger partial charge in [-0.15, -0.1) is 0 Å². The van der Waals surface area contributed by atoms with Gasteiger partial charge in [0.05, 0.1) is 6.26 Å². The Bertz CT molecular complexity index is 334. The van der Waals surface area contributed by atoms with E-state index in [0.717, 1.165) is 19.5 Å². The largest absolute Gasteiger partial charge is 0.459 e. The topological polar surface area (TPSA) is 59.5 Å². The van der Waals surface area contributed by atoms with Gasteiger partial charge in [-0.05, 0) is 24.5 Å². The van der Waals surface area contributed by atoms with E-state index < -0.39 is 0 Å². The molecule has 4 heteroatoms. The number of hydrogen-bond donors (Lipinski definition) is 1. The highest BCUT2D eigenvalue weighted by Gasteiger charge is 2.27. The lowest BCUT2D eigenvalue weighted by molar-refractivity contribution is 0.0632. The first kappa shape index (κ1) is 10.2. The van der Waals surface area contributed by atoms with Crippen molar-refractivity contribution in [2.75, 3.05) is 13.1 Å². The van der Waals surface area contributed by atoms with Crippen LogP contribution in [0, 0.1) is 5.92 Å². The highest BCUT2D eigenvalue weighted by molar-refractivity contribution is 5.91. The van der Waals surface area contributed by atoms with E-state index in [1.54, 1.807) is 12.1 Å². The van der Waals surface area contributed by atoms with Crippen molar-refractivity contribution in [3.05, 3.63) is 24.2 Å². The fraction of sp³-hybridized carbons (Fsp3) is 0.545. The van der Waals surface area contributed by atoms with Gasteiger partial charge < -0.3 is 15.1 Å². The summed E-state index contributed by atoms with van der Waals surface area (Å²) in [5.41, 5.74) is 5.90. The van der Waals surface area contributed by atoms with E-state index in [4.69, 9.17) is 10.2 Å². The molecule has 1 aromatic heterocycles. The lowest BCUT2D eigenvalue weighted by Gasteiger charge is -2.34. The van der Waals surface area contributed by atoms with E-state index in [1.165, 1.54) is 6.26 Å². The van der Waals surface area contributed by atoms with Crippen molar-refractivity contribution in [1.82, 2.24) is 4.90 Å². The molecule has 1 fully saturated rings. The summed E-state index contributed by atoms with van der Waals surface area (Å²) in [6, 6.07) is 3.64. The SMILES string of the molecule is CC1CN(C(=O)c2ccco2)CCC1N. The number of nitrogens with zero attached hydrogens (tertiary/aromatic N) is 1. The lowest BCUT2D eigenvalue weighted by Crippen LogP contribution is -2.48. The Hall–Kier alpha value is -1.29. The summed E-state index contributed by atoms with van der Waals surface area (Å²) in [5.74, 6) is 0.745. The Morgan fingerprint density at radius 3 is 3.07 bits per heavy atom. The van der Waals surface area contributed by atoms with Crippen LogP contribution in [0.3, 0.4) is 0 Å². The van der Waals surface area contributed by atoms with Crippen molar-refractivity contribution in [1.29, 1.82) is 0 Å². The summed E-state index contributed by atoms with van der Waals surface area (Å²) >= 11 is 0. The standard InChI is InChI=1S/C11H16N2O2/c1-8-7-13(5-4-9(8)12)11(14)10-3-2-6-15-10/h2-3,6,8-9H,4-5,7,12H2,1H3. The minimum atomic E-state index is -0.0289. The van der Waals surface area contributed by atoms with Gasteiger partial charge in [-0.1, -0.05) is 6.92 Å². The predicted octanol–water partition coefficient (Wildman–Crippen LogP) is 1.09. The molecular formula is C11H16N2O2. The summed E-state index contributed by atoms with van der Waals surface area (Å²) < 4.78 is 5.09. The average molecular weight is 208 g/mol. The van der Waals surface area contributed by atoms with Gasteiger partial charge in [0.15, 0.2) is 5.76 Å². The third kappa shape index (κ3) is 2.04. The van der Waals surface area contributed by atoms with Crippen LogP contribution in [0.2, 0.25) is 0 Å². The fourth-order valence-corrected chi connectivity index (χ4v) is 1.90. The number of hydrogen-bond acceptors (Lipinski definition) is 3. The number of likely N-dealkylation sites (tertiary alicyclic amines) is 1. The Balaban J connectivity index is 2.03. The molecule has 0 bridgehead atoms. The van der Waals surface area contributed by atoms with E-state index in [1.807, 2.05) is 4.90 Å². The molecule has 0 radical (unpaired) electrons. The van der Waals surface area contributed by atoms with Crippen molar-refractivity contribution >= 4 is 5.91 Å². The maximum atomic E-state index is 11.9. The van der Waals surface area contributed by atoms with E-state index in [2.05, 4.69) is 6.92 Å². The van der Waals surface area contributed by atoms with Crippen LogP contribution in [0.15, 0.2) is 22.8 Å². The third-order valence-corrected chi connectivity index (χ3v) is 2.99. The molecule has 1 aromatic rings. The molecule has 0 aromatic carbocycles. The van der Waals surface area contributed by atoms with Gasteiger partial charge in [0.1, 0.15) is 0 Å². The molecule has 2 unspecified atom stereocenters. The van der Waals surface area contributed by atoms with Crippen LogP contribution >= 0.6 is 0 Å². The molecule has 2 rings (SSSR count). The van der Waals surface area contributed by atoms with Crippen LogP contribution in [-0.4, -0.2) is 29.9 Å². The first-order valence-corrected chi connectivity index (χ1v) is 5.27. The highest BCUT2D eigenvalue weighted by Crippen LogP contribution is 2.17. The Morgan fingerprint density at radius 1 is 1.67 bits per heavy atom. The van der Waals surface area contributed by atoms with Crippen LogP contribution in [0.25, 0.3) is 0 Å². The Kier molecular flexibility index (Phi) is 2.77. The van der Waals surface area contributed by atoms with Crippen LogP contribution in [-0.2, 0) is 0 Å². The second-order valence-corrected chi connectivity index (χ2v) is 4.16. The van der Waals surface area contributed by atoms with Gasteiger partial charge in [0.25, 0.3) is 5.91 Å². The summed E-state index contributed by atoms with van der Waals surface area (Å²) in [7, 11) is 0. The fourth-order valence-electron chi connectivity index (χ4n) is 1.90. The molecule has 1 saturated heterocycles. The zero-order valence-electron chi connectivity index (χ0n) is 8.85. The second-order valence-electron chi connectivity index (χ2n) is 4.16. The molecular weight excluding hydrogens is 192 g/mol. The summed E-state index contributed by atoms with van der Waals surface area (Å²) in [6.45, 7) is 3.53. The quantitative estimate of drug-likeness (QED) is 0.751. The molecule has 2 N–H and O–H groups in total. The minimum absolute atomic E-state index is 0.0289. The maximum absolute atomic E-state index is 11.9. The van der Waals surface area contributed by atoms with E-state index >= 15 is 0 Å². The lowest BCUT2D eigenvalue weighted by atomic mass is 9.95. The number of furan rings is 1. The van der Waals surface area contributed by atoms with Crippen molar-refractivity contribution < 1.29 is 9.21 Å². The van der Waals surface area contributed by atoms with Gasteiger partial charge in [-0.3, -0.25) is 4.79 Å². The summed E-state index contributed by atoms with van der Waals surface area (Å²) in [6.07, 6.45) is 2.39. The van der Waals surface area contributed by atoms with Crippen molar-refractivity contribution in [3.8, 4) is 0 Å². The monoisotopic (exact) mass is 208 g/mol. The first-order chi connectivity index (χ1) is 7.18. The van der Waals surface area contributed by atoms with Crippen LogP contribution < -0.4 is 5.73 Å². The molecule has 1 amide bonds. The van der Waals surface area contributed by atoms with Gasteiger partial charge >= 0.3 is 0 Å². The van der Waals surface area contributed by atoms with Gasteiger partial charge in [0.2, 0.25) is 0 Å². The third-order valence-electron chi connectivity index (χ3n) is 2.99. The molecule has 0 saturated carbocycles. The smallest absolute Gasteiger partial charge is 0.289 e. The number of nitrogens with two attached hydrogens (primary N) is 1. The molecule has 0 spiro atoms. The summed E-state index contributed by atoms with van der Waals surface area (Å²) in [4.78, 5) is 13.7. The van der Waals surface area contributed by atoms with Crippen LogP contribution in [0.4, 0.5) is 0 Å². The van der Waals surface area contributed by atoms with Crippen molar-refractivity contribution in [2.45, 2.75) is 19.4 Å². The number of carbonyl (C=O) groups excluding carboxylic acids is 1. The van der Waals surface area contributed by atoms with E-state index in [9.17, 15) is 4.79 Å². The van der Waals surface area contributed by atoms with Crippen LogP contribution in [0.1, 0.15) is 23.9 Å². The molecule has 2 heterocycles. The predicted molar refractivity (Wildman–Crippen MR) is 56.4 cm³/mol. The number of rotatable bonds is 1. The molecule has 1 aliphatic rings. The molecule has 82 valence electrons. The average Bonchev–Trinajstić information content (AvgIpc) is 2.74. The molecule has 2 atom stereocenters. The highest BCUT2D eigenvalue weighted by atomic mass is 16.3.